The molecule has 1 atom stereocenters. The third kappa shape index (κ3) is 4.85. The Kier molecular flexibility index (Phi) is 5.16. The Morgan fingerprint density at radius 2 is 1.80 bits per heavy atom. The molecule has 0 aliphatic rings. The van der Waals surface area contributed by atoms with Crippen LogP contribution in [-0.4, -0.2) is 26.6 Å². The number of amides is 1. The van der Waals surface area contributed by atoms with Crippen LogP contribution in [0.3, 0.4) is 0 Å². The summed E-state index contributed by atoms with van der Waals surface area (Å²) in [6.07, 6.45) is 1.09. The molecule has 0 aromatic heterocycles. The van der Waals surface area contributed by atoms with E-state index >= 15 is 0 Å². The highest BCUT2D eigenvalue weighted by molar-refractivity contribution is 7.92. The highest BCUT2D eigenvalue weighted by Gasteiger charge is 2.14. The molecule has 0 radical (unpaired) electrons. The van der Waals surface area contributed by atoms with Gasteiger partial charge in [0.15, 0.2) is 0 Å². The number of rotatable bonds is 5. The predicted molar refractivity (Wildman–Crippen MR) is 81.4 cm³/mol. The van der Waals surface area contributed by atoms with Crippen molar-refractivity contribution in [3.8, 4) is 0 Å². The van der Waals surface area contributed by atoms with E-state index in [4.69, 9.17) is 0 Å². The summed E-state index contributed by atoms with van der Waals surface area (Å²) in [5.74, 6) is 0.200. The molecule has 1 rings (SSSR count). The molecule has 112 valence electrons. The Bertz CT molecular complexity index is 594. The fraction of sp³-hybridized carbons (Fsp3) is 0.500. The van der Waals surface area contributed by atoms with E-state index < -0.39 is 10.0 Å². The van der Waals surface area contributed by atoms with Crippen molar-refractivity contribution >= 4 is 21.6 Å². The van der Waals surface area contributed by atoms with Gasteiger partial charge in [0.2, 0.25) is 10.0 Å². The second-order valence-corrected chi connectivity index (χ2v) is 7.16. The third-order valence-electron chi connectivity index (χ3n) is 3.14. The molecule has 1 aromatic rings. The summed E-state index contributed by atoms with van der Waals surface area (Å²) < 4.78 is 24.8. The minimum atomic E-state index is -3.31. The average molecular weight is 298 g/mol. The van der Waals surface area contributed by atoms with Crippen LogP contribution >= 0.6 is 0 Å². The van der Waals surface area contributed by atoms with Gasteiger partial charge in [-0.25, -0.2) is 8.42 Å². The quantitative estimate of drug-likeness (QED) is 0.874. The number of anilines is 1. The minimum absolute atomic E-state index is 0.0802. The van der Waals surface area contributed by atoms with Crippen molar-refractivity contribution in [2.45, 2.75) is 33.7 Å². The number of benzene rings is 1. The third-order valence-corrected chi connectivity index (χ3v) is 3.73. The van der Waals surface area contributed by atoms with Gasteiger partial charge in [-0.3, -0.25) is 9.52 Å². The van der Waals surface area contributed by atoms with Gasteiger partial charge in [0.05, 0.1) is 11.9 Å². The molecule has 5 nitrogen and oxygen atoms in total. The lowest BCUT2D eigenvalue weighted by Crippen LogP contribution is -2.36. The van der Waals surface area contributed by atoms with Gasteiger partial charge in [0, 0.05) is 11.6 Å². The fourth-order valence-electron chi connectivity index (χ4n) is 1.58. The molecule has 0 bridgehead atoms. The second-order valence-electron chi connectivity index (χ2n) is 5.41. The van der Waals surface area contributed by atoms with Crippen LogP contribution in [0.4, 0.5) is 5.69 Å². The van der Waals surface area contributed by atoms with Crippen molar-refractivity contribution in [3.63, 3.8) is 0 Å². The summed E-state index contributed by atoms with van der Waals surface area (Å²) in [5.41, 5.74) is 1.72. The van der Waals surface area contributed by atoms with E-state index in [1.165, 1.54) is 0 Å². The van der Waals surface area contributed by atoms with Crippen LogP contribution in [0.15, 0.2) is 18.2 Å². The molecule has 6 heteroatoms. The van der Waals surface area contributed by atoms with Gasteiger partial charge < -0.3 is 5.32 Å². The highest BCUT2D eigenvalue weighted by Crippen LogP contribution is 2.18. The van der Waals surface area contributed by atoms with Crippen LogP contribution in [-0.2, 0) is 10.0 Å². The molecule has 0 fully saturated rings. The molecule has 0 aliphatic carbocycles. The number of carbonyl (C=O) groups excluding carboxylic acids is 1. The van der Waals surface area contributed by atoms with Crippen LogP contribution in [0.1, 0.15) is 36.7 Å². The Morgan fingerprint density at radius 1 is 1.20 bits per heavy atom. The molecule has 0 unspecified atom stereocenters. The Balaban J connectivity index is 2.89. The SMILES string of the molecule is Cc1cc(C(=O)N[C@@H](C)C(C)C)ccc1NS(C)(=O)=O. The van der Waals surface area contributed by atoms with Gasteiger partial charge in [-0.05, 0) is 43.5 Å². The highest BCUT2D eigenvalue weighted by atomic mass is 32.2. The standard InChI is InChI=1S/C14H22N2O3S/c1-9(2)11(4)15-14(17)12-6-7-13(10(3)8-12)16-20(5,18)19/h6-9,11,16H,1-5H3,(H,15,17)/t11-/m0/s1. The van der Waals surface area contributed by atoms with Gasteiger partial charge in [0.25, 0.3) is 5.91 Å². The van der Waals surface area contributed by atoms with Gasteiger partial charge in [0.1, 0.15) is 0 Å². The first-order valence-corrected chi connectivity index (χ1v) is 8.38. The molecule has 1 aromatic carbocycles. The smallest absolute Gasteiger partial charge is 0.251 e. The Labute approximate surface area is 120 Å². The predicted octanol–water partition coefficient (Wildman–Crippen LogP) is 2.14. The first-order chi connectivity index (χ1) is 9.10. The van der Waals surface area contributed by atoms with Crippen molar-refractivity contribution < 1.29 is 13.2 Å². The van der Waals surface area contributed by atoms with Crippen molar-refractivity contribution in [2.75, 3.05) is 11.0 Å². The molecule has 20 heavy (non-hydrogen) atoms. The lowest BCUT2D eigenvalue weighted by atomic mass is 10.0. The van der Waals surface area contributed by atoms with Crippen LogP contribution in [0.2, 0.25) is 0 Å². The lowest BCUT2D eigenvalue weighted by molar-refractivity contribution is 0.0930. The number of hydrogen-bond acceptors (Lipinski definition) is 3. The van der Waals surface area contributed by atoms with Crippen molar-refractivity contribution in [3.05, 3.63) is 29.3 Å². The molecular formula is C14H22N2O3S. The van der Waals surface area contributed by atoms with Crippen LogP contribution in [0.25, 0.3) is 0 Å². The number of nitrogens with one attached hydrogen (secondary N) is 2. The topological polar surface area (TPSA) is 75.3 Å². The monoisotopic (exact) mass is 298 g/mol. The maximum Gasteiger partial charge on any atom is 0.251 e. The largest absolute Gasteiger partial charge is 0.349 e. The summed E-state index contributed by atoms with van der Waals surface area (Å²) in [4.78, 5) is 12.1. The van der Waals surface area contributed by atoms with Crippen LogP contribution in [0.5, 0.6) is 0 Å². The van der Waals surface area contributed by atoms with Crippen LogP contribution in [0, 0.1) is 12.8 Å². The zero-order chi connectivity index (χ0) is 15.5. The molecule has 0 aliphatic heterocycles. The van der Waals surface area contributed by atoms with Crippen molar-refractivity contribution in [1.29, 1.82) is 0 Å². The van der Waals surface area contributed by atoms with Crippen molar-refractivity contribution in [2.24, 2.45) is 5.92 Å². The zero-order valence-corrected chi connectivity index (χ0v) is 13.3. The maximum atomic E-state index is 12.1. The van der Waals surface area contributed by atoms with Gasteiger partial charge in [-0.2, -0.15) is 0 Å². The van der Waals surface area contributed by atoms with Gasteiger partial charge in [-0.1, -0.05) is 13.8 Å². The number of hydrogen-bond donors (Lipinski definition) is 2. The summed E-state index contributed by atoms with van der Waals surface area (Å²) >= 11 is 0. The Hall–Kier alpha value is -1.56. The molecule has 1 amide bonds. The molecule has 2 N–H and O–H groups in total. The first-order valence-electron chi connectivity index (χ1n) is 6.49. The van der Waals surface area contributed by atoms with E-state index in [1.54, 1.807) is 25.1 Å². The number of carbonyl (C=O) groups is 1. The molecule has 0 heterocycles. The van der Waals surface area contributed by atoms with E-state index in [9.17, 15) is 13.2 Å². The zero-order valence-electron chi connectivity index (χ0n) is 12.5. The van der Waals surface area contributed by atoms with Crippen LogP contribution < -0.4 is 10.0 Å². The maximum absolute atomic E-state index is 12.1. The Morgan fingerprint density at radius 3 is 2.25 bits per heavy atom. The summed E-state index contributed by atoms with van der Waals surface area (Å²) in [6, 6.07) is 4.97. The number of sulfonamides is 1. The van der Waals surface area contributed by atoms with E-state index in [2.05, 4.69) is 10.0 Å². The van der Waals surface area contributed by atoms with E-state index in [1.807, 2.05) is 20.8 Å². The van der Waals surface area contributed by atoms with Crippen molar-refractivity contribution in [1.82, 2.24) is 5.32 Å². The van der Waals surface area contributed by atoms with E-state index in [0.717, 1.165) is 6.26 Å². The first kappa shape index (κ1) is 16.5. The molecule has 0 saturated heterocycles. The van der Waals surface area contributed by atoms with Gasteiger partial charge >= 0.3 is 0 Å². The minimum Gasteiger partial charge on any atom is -0.349 e. The second kappa shape index (κ2) is 6.26. The summed E-state index contributed by atoms with van der Waals surface area (Å²) in [6.45, 7) is 7.79. The number of aryl methyl sites for hydroxylation is 1. The van der Waals surface area contributed by atoms with Gasteiger partial charge in [-0.15, -0.1) is 0 Å². The molecule has 0 spiro atoms. The van der Waals surface area contributed by atoms with E-state index in [0.29, 0.717) is 22.7 Å². The lowest BCUT2D eigenvalue weighted by Gasteiger charge is -2.18. The average Bonchev–Trinajstić information content (AvgIpc) is 2.29. The molecule has 0 saturated carbocycles. The summed E-state index contributed by atoms with van der Waals surface area (Å²) in [5, 5.41) is 2.91. The molecular weight excluding hydrogens is 276 g/mol. The normalized spacial score (nSPS) is 13.1. The fourth-order valence-corrected chi connectivity index (χ4v) is 2.20. The summed E-state index contributed by atoms with van der Waals surface area (Å²) in [7, 11) is -3.31. The van der Waals surface area contributed by atoms with E-state index in [-0.39, 0.29) is 11.9 Å².